The molecule has 3 aromatic rings. The molecule has 1 saturated heterocycles. The Hall–Kier alpha value is -2.62. The average molecular weight is 347 g/mol. The van der Waals surface area contributed by atoms with Gasteiger partial charge in [-0.15, -0.1) is 0 Å². The lowest BCUT2D eigenvalue weighted by atomic mass is 9.96. The van der Waals surface area contributed by atoms with Gasteiger partial charge in [-0.25, -0.2) is 4.98 Å². The largest absolute Gasteiger partial charge is 0.342 e. The zero-order chi connectivity index (χ0) is 17.9. The zero-order valence-electron chi connectivity index (χ0n) is 15.3. The second-order valence-corrected chi connectivity index (χ2v) is 7.24. The molecular formula is C22H25N3O. The fourth-order valence-electron chi connectivity index (χ4n) is 3.93. The Labute approximate surface area is 154 Å². The van der Waals surface area contributed by atoms with E-state index in [0.29, 0.717) is 12.3 Å². The molecule has 0 bridgehead atoms. The molecule has 0 spiro atoms. The van der Waals surface area contributed by atoms with Gasteiger partial charge in [0.2, 0.25) is 5.91 Å². The van der Waals surface area contributed by atoms with Crippen molar-refractivity contribution in [2.45, 2.75) is 32.7 Å². The highest BCUT2D eigenvalue weighted by atomic mass is 16.2. The number of carbonyl (C=O) groups is 1. The Bertz CT molecular complexity index is 892. The number of hydrogen-bond donors (Lipinski definition) is 0. The molecule has 0 N–H and O–H groups in total. The van der Waals surface area contributed by atoms with Crippen LogP contribution in [0.4, 0.5) is 0 Å². The number of imidazole rings is 1. The van der Waals surface area contributed by atoms with E-state index in [2.05, 4.69) is 34.7 Å². The van der Waals surface area contributed by atoms with Gasteiger partial charge < -0.3 is 9.47 Å². The molecule has 2 aromatic carbocycles. The van der Waals surface area contributed by atoms with E-state index < -0.39 is 0 Å². The van der Waals surface area contributed by atoms with Crippen molar-refractivity contribution in [3.05, 3.63) is 66.0 Å². The molecule has 2 heterocycles. The Morgan fingerprint density at radius 1 is 1.04 bits per heavy atom. The summed E-state index contributed by atoms with van der Waals surface area (Å²) in [6.07, 6.45) is 2.63. The summed E-state index contributed by atoms with van der Waals surface area (Å²) in [5, 5.41) is 0. The van der Waals surface area contributed by atoms with Crippen LogP contribution in [0.5, 0.6) is 0 Å². The lowest BCUT2D eigenvalue weighted by Crippen LogP contribution is -2.40. The van der Waals surface area contributed by atoms with Crippen LogP contribution in [-0.2, 0) is 17.8 Å². The zero-order valence-corrected chi connectivity index (χ0v) is 15.3. The number of benzene rings is 2. The van der Waals surface area contributed by atoms with Crippen LogP contribution < -0.4 is 0 Å². The van der Waals surface area contributed by atoms with E-state index in [1.54, 1.807) is 0 Å². The van der Waals surface area contributed by atoms with Gasteiger partial charge in [-0.2, -0.15) is 0 Å². The molecule has 4 rings (SSSR count). The summed E-state index contributed by atoms with van der Waals surface area (Å²) < 4.78 is 2.33. The van der Waals surface area contributed by atoms with E-state index in [9.17, 15) is 4.79 Å². The second-order valence-electron chi connectivity index (χ2n) is 7.24. The molecule has 4 nitrogen and oxygen atoms in total. The van der Waals surface area contributed by atoms with Gasteiger partial charge in [-0.05, 0) is 43.4 Å². The van der Waals surface area contributed by atoms with Crippen molar-refractivity contribution in [2.24, 2.45) is 5.92 Å². The van der Waals surface area contributed by atoms with Crippen LogP contribution in [0.15, 0.2) is 54.6 Å². The summed E-state index contributed by atoms with van der Waals surface area (Å²) in [4.78, 5) is 19.2. The van der Waals surface area contributed by atoms with Crippen LogP contribution in [0.1, 0.15) is 24.2 Å². The number of carbonyl (C=O) groups excluding carboxylic acids is 1. The molecule has 1 fully saturated rings. The normalized spacial score (nSPS) is 15.5. The first-order valence-electron chi connectivity index (χ1n) is 9.44. The molecule has 1 aliphatic heterocycles. The standard InChI is InChI=1S/C22H25N3O/c1-17-23-20-9-5-6-10-21(20)25(17)16-19-11-13-24(14-12-19)22(26)15-18-7-3-2-4-8-18/h2-10,19H,11-16H2,1H3. The maximum absolute atomic E-state index is 12.5. The van der Waals surface area contributed by atoms with E-state index in [-0.39, 0.29) is 5.91 Å². The minimum absolute atomic E-state index is 0.249. The van der Waals surface area contributed by atoms with Crippen LogP contribution >= 0.6 is 0 Å². The van der Waals surface area contributed by atoms with E-state index in [0.717, 1.165) is 49.4 Å². The molecule has 1 aliphatic rings. The number of rotatable bonds is 4. The molecule has 1 amide bonds. The number of nitrogens with zero attached hydrogens (tertiary/aromatic N) is 3. The number of aryl methyl sites for hydroxylation is 1. The highest BCUT2D eigenvalue weighted by Crippen LogP contribution is 2.23. The first kappa shape index (κ1) is 16.8. The van der Waals surface area contributed by atoms with Crippen molar-refractivity contribution in [3.8, 4) is 0 Å². The minimum atomic E-state index is 0.249. The first-order valence-corrected chi connectivity index (χ1v) is 9.44. The molecular weight excluding hydrogens is 322 g/mol. The van der Waals surface area contributed by atoms with Crippen molar-refractivity contribution in [1.82, 2.24) is 14.5 Å². The van der Waals surface area contributed by atoms with Crippen molar-refractivity contribution in [1.29, 1.82) is 0 Å². The van der Waals surface area contributed by atoms with E-state index in [1.165, 1.54) is 5.52 Å². The maximum Gasteiger partial charge on any atom is 0.226 e. The van der Waals surface area contributed by atoms with Crippen LogP contribution in [0, 0.1) is 12.8 Å². The number of aromatic nitrogens is 2. The summed E-state index contributed by atoms with van der Waals surface area (Å²) in [6, 6.07) is 18.4. The number of amides is 1. The van der Waals surface area contributed by atoms with Crippen molar-refractivity contribution >= 4 is 16.9 Å². The highest BCUT2D eigenvalue weighted by molar-refractivity contribution is 5.79. The van der Waals surface area contributed by atoms with Gasteiger partial charge in [-0.1, -0.05) is 42.5 Å². The molecule has 0 saturated carbocycles. The smallest absolute Gasteiger partial charge is 0.226 e. The van der Waals surface area contributed by atoms with Crippen LogP contribution in [0.3, 0.4) is 0 Å². The third-order valence-electron chi connectivity index (χ3n) is 5.45. The summed E-state index contributed by atoms with van der Waals surface area (Å²) in [5.41, 5.74) is 3.38. The van der Waals surface area contributed by atoms with Gasteiger partial charge in [-0.3, -0.25) is 4.79 Å². The van der Waals surface area contributed by atoms with Gasteiger partial charge in [0, 0.05) is 19.6 Å². The number of piperidine rings is 1. The maximum atomic E-state index is 12.5. The molecule has 0 aliphatic carbocycles. The SMILES string of the molecule is Cc1nc2ccccc2n1CC1CCN(C(=O)Cc2ccccc2)CC1. The van der Waals surface area contributed by atoms with E-state index >= 15 is 0 Å². The van der Waals surface area contributed by atoms with E-state index in [1.807, 2.05) is 41.3 Å². The van der Waals surface area contributed by atoms with Crippen molar-refractivity contribution in [3.63, 3.8) is 0 Å². The quantitative estimate of drug-likeness (QED) is 0.719. The minimum Gasteiger partial charge on any atom is -0.342 e. The Morgan fingerprint density at radius 3 is 2.50 bits per heavy atom. The number of fused-ring (bicyclic) bond motifs is 1. The Morgan fingerprint density at radius 2 is 1.73 bits per heavy atom. The van der Waals surface area contributed by atoms with E-state index in [4.69, 9.17) is 0 Å². The third kappa shape index (κ3) is 3.50. The van der Waals surface area contributed by atoms with Gasteiger partial charge in [0.15, 0.2) is 0 Å². The fraction of sp³-hybridized carbons (Fsp3) is 0.364. The number of likely N-dealkylation sites (tertiary alicyclic amines) is 1. The van der Waals surface area contributed by atoms with Crippen molar-refractivity contribution in [2.75, 3.05) is 13.1 Å². The first-order chi connectivity index (χ1) is 12.7. The van der Waals surface area contributed by atoms with Crippen LogP contribution in [-0.4, -0.2) is 33.4 Å². The summed E-state index contributed by atoms with van der Waals surface area (Å²) in [5.74, 6) is 1.93. The molecule has 4 heteroatoms. The fourth-order valence-corrected chi connectivity index (χ4v) is 3.93. The van der Waals surface area contributed by atoms with Gasteiger partial charge in [0.25, 0.3) is 0 Å². The topological polar surface area (TPSA) is 38.1 Å². The monoisotopic (exact) mass is 347 g/mol. The van der Waals surface area contributed by atoms with Gasteiger partial charge in [0.1, 0.15) is 5.82 Å². The Kier molecular flexibility index (Phi) is 4.74. The molecule has 0 atom stereocenters. The predicted octanol–water partition coefficient (Wildman–Crippen LogP) is 3.83. The molecule has 1 aromatic heterocycles. The average Bonchev–Trinajstić information content (AvgIpc) is 2.98. The lowest BCUT2D eigenvalue weighted by molar-refractivity contribution is -0.131. The lowest BCUT2D eigenvalue weighted by Gasteiger charge is -2.32. The third-order valence-corrected chi connectivity index (χ3v) is 5.45. The number of para-hydroxylation sites is 2. The second kappa shape index (κ2) is 7.32. The van der Waals surface area contributed by atoms with Crippen LogP contribution in [0.2, 0.25) is 0 Å². The Balaban J connectivity index is 1.36. The summed E-state index contributed by atoms with van der Waals surface area (Å²) in [6.45, 7) is 4.80. The summed E-state index contributed by atoms with van der Waals surface area (Å²) >= 11 is 0. The van der Waals surface area contributed by atoms with Crippen molar-refractivity contribution < 1.29 is 4.79 Å². The molecule has 0 radical (unpaired) electrons. The van der Waals surface area contributed by atoms with Crippen LogP contribution in [0.25, 0.3) is 11.0 Å². The highest BCUT2D eigenvalue weighted by Gasteiger charge is 2.24. The molecule has 0 unspecified atom stereocenters. The van der Waals surface area contributed by atoms with Gasteiger partial charge in [0.05, 0.1) is 17.5 Å². The summed E-state index contributed by atoms with van der Waals surface area (Å²) in [7, 11) is 0. The number of hydrogen-bond acceptors (Lipinski definition) is 2. The predicted molar refractivity (Wildman–Crippen MR) is 104 cm³/mol. The molecule has 134 valence electrons. The van der Waals surface area contributed by atoms with Gasteiger partial charge >= 0.3 is 0 Å². The molecule has 26 heavy (non-hydrogen) atoms.